The Morgan fingerprint density at radius 3 is 2.89 bits per heavy atom. The summed E-state index contributed by atoms with van der Waals surface area (Å²) < 4.78 is 0.585. The van der Waals surface area contributed by atoms with E-state index in [0.29, 0.717) is 21.4 Å². The van der Waals surface area contributed by atoms with E-state index >= 15 is 0 Å². The molecule has 1 heterocycles. The number of halogens is 1. The van der Waals surface area contributed by atoms with E-state index in [1.807, 2.05) is 6.07 Å². The van der Waals surface area contributed by atoms with Gasteiger partial charge in [0.25, 0.3) is 5.91 Å². The lowest BCUT2D eigenvalue weighted by molar-refractivity contribution is 0.102. The lowest BCUT2D eigenvalue weighted by atomic mass is 10.1. The number of nitrogens with zero attached hydrogens (tertiary/aromatic N) is 2. The number of amides is 1. The maximum atomic E-state index is 12.0. The van der Waals surface area contributed by atoms with Crippen molar-refractivity contribution in [3.63, 3.8) is 0 Å². The Hall–Kier alpha value is -2.39. The first kappa shape index (κ1) is 13.1. The first-order valence-electron chi connectivity index (χ1n) is 5.33. The Morgan fingerprint density at radius 2 is 2.21 bits per heavy atom. The molecule has 0 aliphatic rings. The molecule has 0 radical (unpaired) electrons. The smallest absolute Gasteiger partial charge is 0.275 e. The van der Waals surface area contributed by atoms with Crippen LogP contribution >= 0.6 is 15.9 Å². The lowest BCUT2D eigenvalue weighted by Crippen LogP contribution is -2.15. The topological polar surface area (TPSA) is 91.8 Å². The third-order valence-corrected chi connectivity index (χ3v) is 3.03. The molecule has 19 heavy (non-hydrogen) atoms. The fraction of sp³-hybridized carbons (Fsp3) is 0. The third-order valence-electron chi connectivity index (χ3n) is 2.39. The monoisotopic (exact) mass is 316 g/mol. The Bertz CT molecular complexity index is 679. The van der Waals surface area contributed by atoms with Crippen molar-refractivity contribution in [1.29, 1.82) is 5.26 Å². The number of nitriles is 1. The van der Waals surface area contributed by atoms with Crippen molar-refractivity contribution in [2.24, 2.45) is 0 Å². The highest BCUT2D eigenvalue weighted by molar-refractivity contribution is 9.10. The minimum absolute atomic E-state index is 0.253. The van der Waals surface area contributed by atoms with E-state index in [-0.39, 0.29) is 5.69 Å². The number of anilines is 2. The van der Waals surface area contributed by atoms with Crippen molar-refractivity contribution in [1.82, 2.24) is 4.98 Å². The van der Waals surface area contributed by atoms with E-state index in [4.69, 9.17) is 11.0 Å². The van der Waals surface area contributed by atoms with Gasteiger partial charge in [-0.1, -0.05) is 0 Å². The summed E-state index contributed by atoms with van der Waals surface area (Å²) in [7, 11) is 0. The highest BCUT2D eigenvalue weighted by Crippen LogP contribution is 2.20. The number of hydrogen-bond acceptors (Lipinski definition) is 4. The van der Waals surface area contributed by atoms with Crippen molar-refractivity contribution < 1.29 is 4.79 Å². The van der Waals surface area contributed by atoms with Gasteiger partial charge in [-0.25, -0.2) is 4.98 Å². The Balaban J connectivity index is 2.30. The van der Waals surface area contributed by atoms with Crippen molar-refractivity contribution >= 4 is 33.2 Å². The highest BCUT2D eigenvalue weighted by Gasteiger charge is 2.13. The Kier molecular flexibility index (Phi) is 3.78. The third kappa shape index (κ3) is 2.89. The fourth-order valence-electron chi connectivity index (χ4n) is 1.50. The van der Waals surface area contributed by atoms with Crippen molar-refractivity contribution in [3.8, 4) is 6.07 Å². The van der Waals surface area contributed by atoms with Gasteiger partial charge >= 0.3 is 0 Å². The summed E-state index contributed by atoms with van der Waals surface area (Å²) in [5.41, 5.74) is 7.01. The van der Waals surface area contributed by atoms with Crippen LogP contribution in [0.15, 0.2) is 41.0 Å². The molecule has 94 valence electrons. The maximum absolute atomic E-state index is 12.0. The number of nitrogen functional groups attached to an aromatic ring is 1. The van der Waals surface area contributed by atoms with Gasteiger partial charge in [0.1, 0.15) is 11.8 Å². The molecule has 6 heteroatoms. The second-order valence-corrected chi connectivity index (χ2v) is 4.56. The van der Waals surface area contributed by atoms with E-state index in [1.165, 1.54) is 12.3 Å². The molecule has 0 fully saturated rings. The lowest BCUT2D eigenvalue weighted by Gasteiger charge is -2.08. The van der Waals surface area contributed by atoms with Crippen LogP contribution in [-0.2, 0) is 0 Å². The van der Waals surface area contributed by atoms with Crippen LogP contribution in [0.3, 0.4) is 0 Å². The minimum Gasteiger partial charge on any atom is -0.399 e. The Labute approximate surface area is 118 Å². The van der Waals surface area contributed by atoms with Crippen molar-refractivity contribution in [2.45, 2.75) is 0 Å². The molecule has 0 atom stereocenters. The number of benzene rings is 1. The molecule has 2 rings (SSSR count). The van der Waals surface area contributed by atoms with Crippen LogP contribution in [-0.4, -0.2) is 10.9 Å². The molecule has 1 aromatic heterocycles. The largest absolute Gasteiger partial charge is 0.399 e. The molecule has 0 saturated carbocycles. The summed E-state index contributed by atoms with van der Waals surface area (Å²) in [4.78, 5) is 16.0. The normalized spacial score (nSPS) is 9.68. The first-order valence-corrected chi connectivity index (χ1v) is 6.12. The van der Waals surface area contributed by atoms with Crippen molar-refractivity contribution in [3.05, 3.63) is 52.3 Å². The van der Waals surface area contributed by atoms with Gasteiger partial charge < -0.3 is 11.1 Å². The summed E-state index contributed by atoms with van der Waals surface area (Å²) in [6, 6.07) is 10.1. The molecule has 1 aromatic carbocycles. The number of hydrogen-bond donors (Lipinski definition) is 2. The van der Waals surface area contributed by atoms with Gasteiger partial charge in [-0.3, -0.25) is 4.79 Å². The number of nitrogens with two attached hydrogens (primary N) is 1. The Morgan fingerprint density at radius 1 is 1.42 bits per heavy atom. The molecule has 0 saturated heterocycles. The maximum Gasteiger partial charge on any atom is 0.275 e. The number of nitrogens with one attached hydrogen (secondary N) is 1. The predicted molar refractivity (Wildman–Crippen MR) is 75.5 cm³/mol. The zero-order chi connectivity index (χ0) is 13.8. The second-order valence-electron chi connectivity index (χ2n) is 3.70. The van der Waals surface area contributed by atoms with Crippen LogP contribution in [0.5, 0.6) is 0 Å². The summed E-state index contributed by atoms with van der Waals surface area (Å²) in [5, 5.41) is 11.6. The van der Waals surface area contributed by atoms with Gasteiger partial charge in [-0.2, -0.15) is 5.26 Å². The molecular formula is C13H9BrN4O. The standard InChI is InChI=1S/C13H9BrN4O/c14-10-2-1-5-17-12(10)13(19)18-11-4-3-9(16)6-8(11)7-15/h1-6H,16H2,(H,18,19). The number of carbonyl (C=O) groups excluding carboxylic acids is 1. The summed E-state index contributed by atoms with van der Waals surface area (Å²) in [6.07, 6.45) is 1.52. The van der Waals surface area contributed by atoms with E-state index in [2.05, 4.69) is 26.2 Å². The SMILES string of the molecule is N#Cc1cc(N)ccc1NC(=O)c1ncccc1Br. The van der Waals surface area contributed by atoms with E-state index in [0.717, 1.165) is 0 Å². The predicted octanol–water partition coefficient (Wildman–Crippen LogP) is 2.55. The van der Waals surface area contributed by atoms with E-state index < -0.39 is 5.91 Å². The quantitative estimate of drug-likeness (QED) is 0.833. The molecule has 0 spiro atoms. The minimum atomic E-state index is -0.395. The molecule has 0 unspecified atom stereocenters. The molecule has 3 N–H and O–H groups in total. The van der Waals surface area contributed by atoms with Crippen LogP contribution in [0.2, 0.25) is 0 Å². The van der Waals surface area contributed by atoms with Gasteiger partial charge in [0.05, 0.1) is 11.3 Å². The molecule has 2 aromatic rings. The fourth-order valence-corrected chi connectivity index (χ4v) is 1.93. The van der Waals surface area contributed by atoms with Crippen LogP contribution in [0, 0.1) is 11.3 Å². The van der Waals surface area contributed by atoms with Crippen LogP contribution in [0.25, 0.3) is 0 Å². The molecule has 5 nitrogen and oxygen atoms in total. The molecule has 1 amide bonds. The van der Waals surface area contributed by atoms with Crippen molar-refractivity contribution in [2.75, 3.05) is 11.1 Å². The summed E-state index contributed by atoms with van der Waals surface area (Å²) in [6.45, 7) is 0. The molecule has 0 aliphatic carbocycles. The average molecular weight is 317 g/mol. The zero-order valence-corrected chi connectivity index (χ0v) is 11.3. The van der Waals surface area contributed by atoms with Gasteiger partial charge in [-0.05, 0) is 46.3 Å². The van der Waals surface area contributed by atoms with Gasteiger partial charge in [-0.15, -0.1) is 0 Å². The number of aromatic nitrogens is 1. The average Bonchev–Trinajstić information content (AvgIpc) is 2.41. The number of pyridine rings is 1. The van der Waals surface area contributed by atoms with E-state index in [1.54, 1.807) is 24.3 Å². The van der Waals surface area contributed by atoms with Crippen LogP contribution < -0.4 is 11.1 Å². The number of rotatable bonds is 2. The van der Waals surface area contributed by atoms with Gasteiger partial charge in [0, 0.05) is 16.4 Å². The second kappa shape index (κ2) is 5.50. The zero-order valence-electron chi connectivity index (χ0n) is 9.72. The molecular weight excluding hydrogens is 308 g/mol. The van der Waals surface area contributed by atoms with Crippen LogP contribution in [0.4, 0.5) is 11.4 Å². The molecule has 0 aliphatic heterocycles. The first-order chi connectivity index (χ1) is 9.11. The van der Waals surface area contributed by atoms with Gasteiger partial charge in [0.15, 0.2) is 0 Å². The van der Waals surface area contributed by atoms with Gasteiger partial charge in [0.2, 0.25) is 0 Å². The summed E-state index contributed by atoms with van der Waals surface area (Å²) in [5.74, 6) is -0.395. The molecule has 0 bridgehead atoms. The van der Waals surface area contributed by atoms with Crippen LogP contribution in [0.1, 0.15) is 16.1 Å². The highest BCUT2D eigenvalue weighted by atomic mass is 79.9. The van der Waals surface area contributed by atoms with E-state index in [9.17, 15) is 4.79 Å². The summed E-state index contributed by atoms with van der Waals surface area (Å²) >= 11 is 3.25. The number of carbonyl (C=O) groups is 1.